The van der Waals surface area contributed by atoms with Gasteiger partial charge in [0.15, 0.2) is 11.6 Å². The standard InChI is InChI=1S/C23H36F2N6/c1-7-10-11-31(9-3)17(6)20(24)12-18(8-2)29-22-19(16(5)27)13-21(25)23(30-22)28-14-15(4)26/h8,12-13,15H,5-7,9-11,14,26-27H2,1-4H3,(H2,28,29,30)/b18-8+,20-12+/t15-/m0/s1. The van der Waals surface area contributed by atoms with Gasteiger partial charge in [0.25, 0.3) is 0 Å². The second-order valence-corrected chi connectivity index (χ2v) is 7.34. The van der Waals surface area contributed by atoms with Gasteiger partial charge in [0.2, 0.25) is 0 Å². The molecule has 0 saturated carbocycles. The number of allylic oxidation sites excluding steroid dienone is 3. The number of rotatable bonds is 13. The molecule has 0 aliphatic rings. The van der Waals surface area contributed by atoms with Crippen LogP contribution in [0.15, 0.2) is 48.6 Å². The molecule has 172 valence electrons. The normalized spacial score (nSPS) is 13.0. The maximum absolute atomic E-state index is 14.9. The molecule has 31 heavy (non-hydrogen) atoms. The van der Waals surface area contributed by atoms with Crippen molar-refractivity contribution in [1.29, 1.82) is 0 Å². The molecule has 0 saturated heterocycles. The Kier molecular flexibility index (Phi) is 10.8. The monoisotopic (exact) mass is 434 g/mol. The van der Waals surface area contributed by atoms with Crippen LogP contribution in [0.25, 0.3) is 5.70 Å². The Morgan fingerprint density at radius 3 is 2.52 bits per heavy atom. The van der Waals surface area contributed by atoms with Gasteiger partial charge in [-0.15, -0.1) is 0 Å². The van der Waals surface area contributed by atoms with Crippen LogP contribution in [0.4, 0.5) is 20.4 Å². The van der Waals surface area contributed by atoms with E-state index in [2.05, 4.69) is 35.7 Å². The van der Waals surface area contributed by atoms with Gasteiger partial charge >= 0.3 is 0 Å². The van der Waals surface area contributed by atoms with Gasteiger partial charge in [-0.1, -0.05) is 32.6 Å². The topological polar surface area (TPSA) is 92.2 Å². The minimum absolute atomic E-state index is 0.0193. The summed E-state index contributed by atoms with van der Waals surface area (Å²) in [6.45, 7) is 16.9. The minimum Gasteiger partial charge on any atom is -0.399 e. The first-order valence-corrected chi connectivity index (χ1v) is 10.5. The molecule has 0 bridgehead atoms. The average Bonchev–Trinajstić information content (AvgIpc) is 2.72. The van der Waals surface area contributed by atoms with E-state index in [1.807, 2.05) is 11.8 Å². The molecule has 0 aliphatic heterocycles. The third kappa shape index (κ3) is 8.05. The molecule has 8 heteroatoms. The maximum Gasteiger partial charge on any atom is 0.166 e. The molecular formula is C23H36F2N6. The summed E-state index contributed by atoms with van der Waals surface area (Å²) in [6.07, 6.45) is 4.98. The molecule has 0 aliphatic carbocycles. The Balaban J connectivity index is 3.18. The molecule has 0 radical (unpaired) electrons. The summed E-state index contributed by atoms with van der Waals surface area (Å²) in [7, 11) is 0. The van der Waals surface area contributed by atoms with Crippen LogP contribution in [-0.4, -0.2) is 35.6 Å². The van der Waals surface area contributed by atoms with Crippen LogP contribution in [0, 0.1) is 5.82 Å². The highest BCUT2D eigenvalue weighted by Gasteiger charge is 2.15. The Morgan fingerprint density at radius 2 is 2.00 bits per heavy atom. The number of likely N-dealkylation sites (N-methyl/N-ethyl adjacent to an activating group) is 1. The third-order valence-electron chi connectivity index (χ3n) is 4.59. The van der Waals surface area contributed by atoms with Crippen molar-refractivity contribution in [3.63, 3.8) is 0 Å². The van der Waals surface area contributed by atoms with Gasteiger partial charge in [-0.05, 0) is 39.3 Å². The predicted molar refractivity (Wildman–Crippen MR) is 127 cm³/mol. The number of halogens is 2. The van der Waals surface area contributed by atoms with E-state index in [-0.39, 0.29) is 28.9 Å². The lowest BCUT2D eigenvalue weighted by Gasteiger charge is -2.24. The van der Waals surface area contributed by atoms with Crippen molar-refractivity contribution in [2.75, 3.05) is 30.3 Å². The van der Waals surface area contributed by atoms with E-state index >= 15 is 0 Å². The highest BCUT2D eigenvalue weighted by molar-refractivity contribution is 5.74. The summed E-state index contributed by atoms with van der Waals surface area (Å²) < 4.78 is 29.3. The molecule has 6 N–H and O–H groups in total. The van der Waals surface area contributed by atoms with Gasteiger partial charge < -0.3 is 27.0 Å². The lowest BCUT2D eigenvalue weighted by atomic mass is 10.2. The summed E-state index contributed by atoms with van der Waals surface area (Å²) in [5.41, 5.74) is 12.7. The number of unbranched alkanes of at least 4 members (excludes halogenated alkanes) is 1. The van der Waals surface area contributed by atoms with Crippen LogP contribution < -0.4 is 22.1 Å². The smallest absolute Gasteiger partial charge is 0.166 e. The van der Waals surface area contributed by atoms with Gasteiger partial charge in [-0.3, -0.25) is 0 Å². The second kappa shape index (κ2) is 12.7. The van der Waals surface area contributed by atoms with Gasteiger partial charge in [0.05, 0.1) is 5.70 Å². The Bertz CT molecular complexity index is 830. The van der Waals surface area contributed by atoms with Crippen molar-refractivity contribution < 1.29 is 8.78 Å². The van der Waals surface area contributed by atoms with E-state index in [1.54, 1.807) is 19.9 Å². The van der Waals surface area contributed by atoms with Gasteiger partial charge in [0.1, 0.15) is 11.6 Å². The lowest BCUT2D eigenvalue weighted by molar-refractivity contribution is 0.346. The Labute approximate surface area is 184 Å². The van der Waals surface area contributed by atoms with Gasteiger partial charge in [-0.25, -0.2) is 13.8 Å². The summed E-state index contributed by atoms with van der Waals surface area (Å²) in [4.78, 5) is 6.17. The van der Waals surface area contributed by atoms with Crippen molar-refractivity contribution in [3.8, 4) is 0 Å². The van der Waals surface area contributed by atoms with Crippen LogP contribution >= 0.6 is 0 Å². The predicted octanol–water partition coefficient (Wildman–Crippen LogP) is 4.71. The first-order chi connectivity index (χ1) is 14.6. The molecule has 1 heterocycles. The SMILES string of the molecule is C=C(N)c1cc(F)c(NC[C@H](C)N)nc1NC(=C/C)/C=C(/F)C(=C)N(CC)CCCC. The zero-order valence-corrected chi connectivity index (χ0v) is 19.1. The highest BCUT2D eigenvalue weighted by atomic mass is 19.1. The molecule has 0 spiro atoms. The van der Waals surface area contributed by atoms with E-state index in [0.717, 1.165) is 19.4 Å². The second-order valence-electron chi connectivity index (χ2n) is 7.34. The molecule has 0 aromatic carbocycles. The van der Waals surface area contributed by atoms with E-state index in [1.165, 1.54) is 12.1 Å². The Morgan fingerprint density at radius 1 is 1.32 bits per heavy atom. The largest absolute Gasteiger partial charge is 0.399 e. The van der Waals surface area contributed by atoms with E-state index in [4.69, 9.17) is 11.5 Å². The molecule has 6 nitrogen and oxygen atoms in total. The number of nitrogens with two attached hydrogens (primary N) is 2. The molecule has 1 aromatic rings. The summed E-state index contributed by atoms with van der Waals surface area (Å²) >= 11 is 0. The van der Waals surface area contributed by atoms with E-state index in [9.17, 15) is 8.78 Å². The average molecular weight is 435 g/mol. The summed E-state index contributed by atoms with van der Waals surface area (Å²) in [6, 6.07) is 1.04. The molecule has 0 fully saturated rings. The molecule has 0 amide bonds. The number of nitrogens with one attached hydrogen (secondary N) is 2. The fourth-order valence-corrected chi connectivity index (χ4v) is 2.74. The van der Waals surface area contributed by atoms with Crippen molar-refractivity contribution in [2.45, 2.75) is 46.6 Å². The fourth-order valence-electron chi connectivity index (χ4n) is 2.74. The number of anilines is 2. The summed E-state index contributed by atoms with van der Waals surface area (Å²) in [5.74, 6) is -0.781. The Hall–Kier alpha value is -2.87. The molecule has 1 aromatic heterocycles. The molecule has 0 unspecified atom stereocenters. The third-order valence-corrected chi connectivity index (χ3v) is 4.59. The van der Waals surface area contributed by atoms with Crippen LogP contribution in [-0.2, 0) is 0 Å². The van der Waals surface area contributed by atoms with Crippen molar-refractivity contribution in [2.24, 2.45) is 11.5 Å². The van der Waals surface area contributed by atoms with Crippen molar-refractivity contribution in [1.82, 2.24) is 9.88 Å². The first kappa shape index (κ1) is 26.2. The quantitative estimate of drug-likeness (QED) is 0.336. The van der Waals surface area contributed by atoms with Crippen LogP contribution in [0.5, 0.6) is 0 Å². The molecular weight excluding hydrogens is 398 g/mol. The number of aromatic nitrogens is 1. The first-order valence-electron chi connectivity index (χ1n) is 10.5. The van der Waals surface area contributed by atoms with Gasteiger partial charge in [-0.2, -0.15) is 0 Å². The van der Waals surface area contributed by atoms with Crippen molar-refractivity contribution >= 4 is 17.3 Å². The van der Waals surface area contributed by atoms with E-state index in [0.29, 0.717) is 24.5 Å². The maximum atomic E-state index is 14.9. The lowest BCUT2D eigenvalue weighted by Crippen LogP contribution is -2.26. The molecule has 1 rings (SSSR count). The number of nitrogens with zero attached hydrogens (tertiary/aromatic N) is 2. The zero-order valence-electron chi connectivity index (χ0n) is 19.1. The van der Waals surface area contributed by atoms with E-state index < -0.39 is 11.6 Å². The highest BCUT2D eigenvalue weighted by Crippen LogP contribution is 2.26. The summed E-state index contributed by atoms with van der Waals surface area (Å²) in [5, 5.41) is 5.87. The van der Waals surface area contributed by atoms with Crippen LogP contribution in [0.1, 0.15) is 46.1 Å². The minimum atomic E-state index is -0.584. The number of hydrogen-bond acceptors (Lipinski definition) is 6. The number of hydrogen-bond donors (Lipinski definition) is 4. The number of pyridine rings is 1. The van der Waals surface area contributed by atoms with Gasteiger partial charge in [0, 0.05) is 42.6 Å². The van der Waals surface area contributed by atoms with Crippen LogP contribution in [0.2, 0.25) is 0 Å². The van der Waals surface area contributed by atoms with Crippen LogP contribution in [0.3, 0.4) is 0 Å². The van der Waals surface area contributed by atoms with Crippen molar-refractivity contribution in [3.05, 3.63) is 60.0 Å². The fraction of sp³-hybridized carbons (Fsp3) is 0.435. The zero-order chi connectivity index (χ0) is 23.6. The molecule has 1 atom stereocenters.